The van der Waals surface area contributed by atoms with Gasteiger partial charge in [0.05, 0.1) is 23.7 Å². The topological polar surface area (TPSA) is 131 Å². The molecule has 1 aliphatic heterocycles. The normalized spacial score (nSPS) is 16.1. The number of nitrogens with zero attached hydrogens (tertiary/aromatic N) is 1. The van der Waals surface area contributed by atoms with Gasteiger partial charge in [-0.3, -0.25) is 10.1 Å². The molecule has 154 valence electrons. The van der Waals surface area contributed by atoms with Gasteiger partial charge in [0, 0.05) is 20.1 Å². The summed E-state index contributed by atoms with van der Waals surface area (Å²) in [5.74, 6) is -3.17. The van der Waals surface area contributed by atoms with Gasteiger partial charge in [-0.15, -0.1) is 0 Å². The molecule has 10 nitrogen and oxygen atoms in total. The molecule has 0 spiro atoms. The molecule has 2 rings (SSSR count). The van der Waals surface area contributed by atoms with Gasteiger partial charge >= 0.3 is 12.0 Å². The maximum atomic E-state index is 14.1. The third kappa shape index (κ3) is 5.03. The number of carbonyl (C=O) groups excluding carboxylic acids is 3. The van der Waals surface area contributed by atoms with E-state index in [1.54, 1.807) is 0 Å². The van der Waals surface area contributed by atoms with Gasteiger partial charge in [0.1, 0.15) is 5.82 Å². The molecule has 0 aromatic heterocycles. The molecule has 2 N–H and O–H groups in total. The molecule has 1 fully saturated rings. The fraction of sp³-hybridized carbons (Fsp3) is 0.438. The number of hydrogen-bond donors (Lipinski definition) is 2. The summed E-state index contributed by atoms with van der Waals surface area (Å²) >= 11 is 0. The zero-order valence-corrected chi connectivity index (χ0v) is 16.0. The summed E-state index contributed by atoms with van der Waals surface area (Å²) in [5, 5.41) is 4.05. The van der Waals surface area contributed by atoms with Gasteiger partial charge < -0.3 is 14.8 Å². The SMILES string of the molecule is CNC(=O)NC(=O)C(C)OC(=O)c1cc(S(=O)(=O)N2CCOCC2)ccc1F. The molecule has 1 heterocycles. The largest absolute Gasteiger partial charge is 0.449 e. The van der Waals surface area contributed by atoms with Crippen molar-refractivity contribution in [3.05, 3.63) is 29.6 Å². The van der Waals surface area contributed by atoms with Gasteiger partial charge in [-0.1, -0.05) is 0 Å². The van der Waals surface area contributed by atoms with E-state index in [4.69, 9.17) is 9.47 Å². The minimum absolute atomic E-state index is 0.135. The van der Waals surface area contributed by atoms with Crippen LogP contribution in [0.3, 0.4) is 0 Å². The van der Waals surface area contributed by atoms with Crippen molar-refractivity contribution in [2.45, 2.75) is 17.9 Å². The fourth-order valence-corrected chi connectivity index (χ4v) is 3.75. The highest BCUT2D eigenvalue weighted by Crippen LogP contribution is 2.21. The highest BCUT2D eigenvalue weighted by molar-refractivity contribution is 7.89. The minimum atomic E-state index is -3.95. The summed E-state index contributed by atoms with van der Waals surface area (Å²) in [6, 6.07) is 1.92. The van der Waals surface area contributed by atoms with Crippen molar-refractivity contribution in [1.29, 1.82) is 0 Å². The first-order valence-electron chi connectivity index (χ1n) is 8.28. The van der Waals surface area contributed by atoms with Crippen molar-refractivity contribution in [2.24, 2.45) is 0 Å². The molecule has 1 aromatic carbocycles. The molecule has 1 aliphatic rings. The number of urea groups is 1. The molecule has 0 saturated carbocycles. The smallest absolute Gasteiger partial charge is 0.341 e. The number of nitrogens with one attached hydrogen (secondary N) is 2. The number of ether oxygens (including phenoxy) is 2. The Labute approximate surface area is 161 Å². The van der Waals surface area contributed by atoms with Crippen LogP contribution in [0.15, 0.2) is 23.1 Å². The van der Waals surface area contributed by atoms with E-state index in [1.165, 1.54) is 14.0 Å². The number of benzene rings is 1. The third-order valence-electron chi connectivity index (χ3n) is 3.88. The lowest BCUT2D eigenvalue weighted by atomic mass is 10.2. The van der Waals surface area contributed by atoms with Gasteiger partial charge in [0.25, 0.3) is 5.91 Å². The number of amides is 3. The van der Waals surface area contributed by atoms with Crippen LogP contribution in [0.4, 0.5) is 9.18 Å². The molecular formula is C16H20FN3O7S. The van der Waals surface area contributed by atoms with Crippen molar-refractivity contribution in [1.82, 2.24) is 14.9 Å². The lowest BCUT2D eigenvalue weighted by Gasteiger charge is -2.26. The van der Waals surface area contributed by atoms with Gasteiger partial charge in [-0.05, 0) is 25.1 Å². The summed E-state index contributed by atoms with van der Waals surface area (Å²) in [4.78, 5) is 34.8. The number of sulfonamides is 1. The van der Waals surface area contributed by atoms with Gasteiger partial charge in [0.2, 0.25) is 10.0 Å². The molecule has 1 saturated heterocycles. The van der Waals surface area contributed by atoms with E-state index in [2.05, 4.69) is 5.32 Å². The summed E-state index contributed by atoms with van der Waals surface area (Å²) in [6.45, 7) is 1.91. The zero-order valence-electron chi connectivity index (χ0n) is 15.2. The predicted octanol–water partition coefficient (Wildman–Crippen LogP) is -0.152. The van der Waals surface area contributed by atoms with Crippen LogP contribution >= 0.6 is 0 Å². The second kappa shape index (κ2) is 9.08. The van der Waals surface area contributed by atoms with Gasteiger partial charge in [0.15, 0.2) is 6.10 Å². The molecule has 0 bridgehead atoms. The van der Waals surface area contributed by atoms with Crippen molar-refractivity contribution >= 4 is 27.9 Å². The molecular weight excluding hydrogens is 397 g/mol. The minimum Gasteiger partial charge on any atom is -0.449 e. The Morgan fingerprint density at radius 3 is 2.50 bits per heavy atom. The van der Waals surface area contributed by atoms with E-state index in [1.807, 2.05) is 5.32 Å². The molecule has 1 atom stereocenters. The van der Waals surface area contributed by atoms with Crippen molar-refractivity contribution in [3.63, 3.8) is 0 Å². The van der Waals surface area contributed by atoms with Crippen LogP contribution in [0.1, 0.15) is 17.3 Å². The van der Waals surface area contributed by atoms with E-state index in [9.17, 15) is 27.2 Å². The highest BCUT2D eigenvalue weighted by atomic mass is 32.2. The van der Waals surface area contributed by atoms with E-state index < -0.39 is 45.4 Å². The zero-order chi connectivity index (χ0) is 20.9. The maximum absolute atomic E-state index is 14.1. The van der Waals surface area contributed by atoms with E-state index in [-0.39, 0.29) is 31.2 Å². The first-order chi connectivity index (χ1) is 13.2. The second-order valence-electron chi connectivity index (χ2n) is 5.77. The molecule has 3 amide bonds. The Kier molecular flexibility index (Phi) is 7.05. The van der Waals surface area contributed by atoms with Crippen molar-refractivity contribution in [2.75, 3.05) is 33.4 Å². The Morgan fingerprint density at radius 2 is 1.89 bits per heavy atom. The number of imide groups is 1. The average Bonchev–Trinajstić information content (AvgIpc) is 2.68. The Morgan fingerprint density at radius 1 is 1.25 bits per heavy atom. The summed E-state index contributed by atoms with van der Waals surface area (Å²) < 4.78 is 50.5. The number of hydrogen-bond acceptors (Lipinski definition) is 7. The monoisotopic (exact) mass is 417 g/mol. The first-order valence-corrected chi connectivity index (χ1v) is 9.72. The quantitative estimate of drug-likeness (QED) is 0.637. The number of morpholine rings is 1. The fourth-order valence-electron chi connectivity index (χ4n) is 2.31. The molecule has 28 heavy (non-hydrogen) atoms. The van der Waals surface area contributed by atoms with Crippen LogP contribution in [0.5, 0.6) is 0 Å². The summed E-state index contributed by atoms with van der Waals surface area (Å²) in [7, 11) is -2.67. The van der Waals surface area contributed by atoms with Crippen LogP contribution < -0.4 is 10.6 Å². The third-order valence-corrected chi connectivity index (χ3v) is 5.78. The Balaban J connectivity index is 2.19. The number of carbonyl (C=O) groups is 3. The highest BCUT2D eigenvalue weighted by Gasteiger charge is 2.29. The standard InChI is InChI=1S/C16H20FN3O7S/c1-10(14(21)19-16(23)18-2)27-15(22)12-9-11(3-4-13(12)17)28(24,25)20-5-7-26-8-6-20/h3-4,9-10H,5-8H2,1-2H3,(H2,18,19,21,23). The van der Waals surface area contributed by atoms with Crippen LogP contribution in [0.2, 0.25) is 0 Å². The van der Waals surface area contributed by atoms with Crippen LogP contribution in [0, 0.1) is 5.82 Å². The number of halogens is 1. The van der Waals surface area contributed by atoms with Crippen LogP contribution in [-0.2, 0) is 24.3 Å². The summed E-state index contributed by atoms with van der Waals surface area (Å²) in [5.41, 5.74) is -0.645. The van der Waals surface area contributed by atoms with Crippen LogP contribution in [-0.4, -0.2) is 70.1 Å². The molecule has 1 aromatic rings. The molecule has 12 heteroatoms. The maximum Gasteiger partial charge on any atom is 0.341 e. The Bertz CT molecular complexity index is 869. The Hall–Kier alpha value is -2.57. The van der Waals surface area contributed by atoms with E-state index in [0.29, 0.717) is 0 Å². The molecule has 0 radical (unpaired) electrons. The number of esters is 1. The predicted molar refractivity (Wildman–Crippen MR) is 93.5 cm³/mol. The van der Waals surface area contributed by atoms with Gasteiger partial charge in [-0.2, -0.15) is 4.31 Å². The lowest BCUT2D eigenvalue weighted by molar-refractivity contribution is -0.127. The van der Waals surface area contributed by atoms with Gasteiger partial charge in [-0.25, -0.2) is 22.4 Å². The second-order valence-corrected chi connectivity index (χ2v) is 7.71. The van der Waals surface area contributed by atoms with Crippen molar-refractivity contribution < 1.29 is 36.7 Å². The average molecular weight is 417 g/mol. The van der Waals surface area contributed by atoms with E-state index in [0.717, 1.165) is 22.5 Å². The first kappa shape index (κ1) is 21.7. The lowest BCUT2D eigenvalue weighted by Crippen LogP contribution is -2.43. The molecule has 1 unspecified atom stereocenters. The molecule has 0 aliphatic carbocycles. The van der Waals surface area contributed by atoms with Crippen molar-refractivity contribution in [3.8, 4) is 0 Å². The van der Waals surface area contributed by atoms with E-state index >= 15 is 0 Å². The summed E-state index contributed by atoms with van der Waals surface area (Å²) in [6.07, 6.45) is -1.41. The van der Waals surface area contributed by atoms with Crippen LogP contribution in [0.25, 0.3) is 0 Å². The number of rotatable bonds is 5.